The Morgan fingerprint density at radius 3 is 2.40 bits per heavy atom. The van der Waals surface area contributed by atoms with E-state index in [0.29, 0.717) is 6.04 Å². The van der Waals surface area contributed by atoms with Crippen LogP contribution in [0.15, 0.2) is 36.5 Å². The number of aryl methyl sites for hydroxylation is 3. The van der Waals surface area contributed by atoms with Crippen LogP contribution in [0.4, 0.5) is 0 Å². The Morgan fingerprint density at radius 1 is 1.10 bits per heavy atom. The van der Waals surface area contributed by atoms with Crippen LogP contribution in [0.25, 0.3) is 0 Å². The first kappa shape index (κ1) is 14.7. The number of rotatable bonds is 5. The highest BCUT2D eigenvalue weighted by Gasteiger charge is 2.14. The van der Waals surface area contributed by atoms with Gasteiger partial charge in [0.1, 0.15) is 0 Å². The fourth-order valence-corrected chi connectivity index (χ4v) is 2.83. The van der Waals surface area contributed by atoms with Gasteiger partial charge in [-0.25, -0.2) is 0 Å². The van der Waals surface area contributed by atoms with Crippen molar-refractivity contribution in [1.29, 1.82) is 0 Å². The van der Waals surface area contributed by atoms with Crippen molar-refractivity contribution < 1.29 is 0 Å². The van der Waals surface area contributed by atoms with Crippen molar-refractivity contribution in [3.63, 3.8) is 0 Å². The second kappa shape index (κ2) is 6.67. The second-order valence-corrected chi connectivity index (χ2v) is 5.49. The molecular weight excluding hydrogens is 244 g/mol. The number of nitrogens with zero attached hydrogens (tertiary/aromatic N) is 1. The van der Waals surface area contributed by atoms with Crippen LogP contribution < -0.4 is 5.32 Å². The average molecular weight is 268 g/mol. The van der Waals surface area contributed by atoms with Gasteiger partial charge >= 0.3 is 0 Å². The van der Waals surface area contributed by atoms with Gasteiger partial charge in [0.05, 0.1) is 0 Å². The summed E-state index contributed by atoms with van der Waals surface area (Å²) in [5, 5.41) is 3.59. The molecule has 1 aromatic heterocycles. The van der Waals surface area contributed by atoms with Crippen LogP contribution in [0.5, 0.6) is 0 Å². The van der Waals surface area contributed by atoms with E-state index in [1.807, 2.05) is 12.3 Å². The zero-order valence-corrected chi connectivity index (χ0v) is 12.9. The van der Waals surface area contributed by atoms with Gasteiger partial charge in [-0.1, -0.05) is 42.3 Å². The van der Waals surface area contributed by atoms with Gasteiger partial charge in [-0.15, -0.1) is 0 Å². The van der Waals surface area contributed by atoms with Crippen molar-refractivity contribution in [2.45, 2.75) is 40.2 Å². The Balaban J connectivity index is 2.28. The van der Waals surface area contributed by atoms with Crippen LogP contribution >= 0.6 is 0 Å². The Bertz CT molecular complexity index is 555. The summed E-state index contributed by atoms with van der Waals surface area (Å²) in [4.78, 5) is 4.42. The number of hydrogen-bond acceptors (Lipinski definition) is 2. The van der Waals surface area contributed by atoms with E-state index in [-0.39, 0.29) is 0 Å². The summed E-state index contributed by atoms with van der Waals surface area (Å²) in [6.07, 6.45) is 2.86. The number of hydrogen-bond donors (Lipinski definition) is 1. The van der Waals surface area contributed by atoms with Crippen LogP contribution in [-0.4, -0.2) is 11.5 Å². The van der Waals surface area contributed by atoms with E-state index in [9.17, 15) is 0 Å². The van der Waals surface area contributed by atoms with Crippen LogP contribution in [0.2, 0.25) is 0 Å². The third-order valence-corrected chi connectivity index (χ3v) is 3.60. The summed E-state index contributed by atoms with van der Waals surface area (Å²) in [7, 11) is 0. The van der Waals surface area contributed by atoms with Crippen molar-refractivity contribution in [2.24, 2.45) is 0 Å². The summed E-state index contributed by atoms with van der Waals surface area (Å²) in [5.74, 6) is 0. The van der Waals surface area contributed by atoms with Gasteiger partial charge in [0.2, 0.25) is 0 Å². The van der Waals surface area contributed by atoms with E-state index in [1.165, 1.54) is 22.3 Å². The van der Waals surface area contributed by atoms with E-state index in [1.54, 1.807) is 0 Å². The van der Waals surface area contributed by atoms with Crippen LogP contribution in [0.1, 0.15) is 40.9 Å². The predicted molar refractivity (Wildman–Crippen MR) is 85.0 cm³/mol. The number of pyridine rings is 1. The van der Waals surface area contributed by atoms with Crippen molar-refractivity contribution in [3.8, 4) is 0 Å². The highest BCUT2D eigenvalue weighted by molar-refractivity contribution is 5.31. The molecule has 1 unspecified atom stereocenters. The summed E-state index contributed by atoms with van der Waals surface area (Å²) >= 11 is 0. The van der Waals surface area contributed by atoms with E-state index in [4.69, 9.17) is 0 Å². The van der Waals surface area contributed by atoms with Crippen molar-refractivity contribution >= 4 is 0 Å². The van der Waals surface area contributed by atoms with Gasteiger partial charge in [0, 0.05) is 17.9 Å². The zero-order chi connectivity index (χ0) is 14.5. The first-order valence-electron chi connectivity index (χ1n) is 7.32. The molecular formula is C18H24N2. The number of benzene rings is 1. The van der Waals surface area contributed by atoms with Gasteiger partial charge < -0.3 is 5.32 Å². The molecule has 2 rings (SSSR count). The molecule has 0 aliphatic heterocycles. The van der Waals surface area contributed by atoms with Gasteiger partial charge in [0.15, 0.2) is 0 Å². The Morgan fingerprint density at radius 2 is 1.80 bits per heavy atom. The quantitative estimate of drug-likeness (QED) is 0.889. The molecule has 0 spiro atoms. The molecule has 0 aliphatic carbocycles. The smallest absolute Gasteiger partial charge is 0.0420 e. The molecule has 2 nitrogen and oxygen atoms in total. The molecule has 1 heterocycles. The standard InChI is InChI=1S/C18H24N2/c1-5-19-18(17-7-6-8-20-15(17)4)12-16-10-13(2)9-14(3)11-16/h6-11,18-19H,5,12H2,1-4H3. The lowest BCUT2D eigenvalue weighted by molar-refractivity contribution is 0.545. The minimum atomic E-state index is 0.329. The maximum atomic E-state index is 4.42. The van der Waals surface area contributed by atoms with E-state index in [0.717, 1.165) is 18.7 Å². The zero-order valence-electron chi connectivity index (χ0n) is 12.9. The van der Waals surface area contributed by atoms with Crippen LogP contribution in [0.3, 0.4) is 0 Å². The molecule has 0 fully saturated rings. The highest BCUT2D eigenvalue weighted by atomic mass is 14.9. The van der Waals surface area contributed by atoms with Crippen molar-refractivity contribution in [1.82, 2.24) is 10.3 Å². The van der Waals surface area contributed by atoms with Crippen molar-refractivity contribution in [2.75, 3.05) is 6.54 Å². The molecule has 2 aromatic rings. The third-order valence-electron chi connectivity index (χ3n) is 3.60. The Labute approximate surface area is 122 Å². The summed E-state index contributed by atoms with van der Waals surface area (Å²) in [6.45, 7) is 9.52. The Kier molecular flexibility index (Phi) is 4.91. The lowest BCUT2D eigenvalue weighted by Crippen LogP contribution is -2.24. The van der Waals surface area contributed by atoms with E-state index in [2.05, 4.69) is 62.3 Å². The van der Waals surface area contributed by atoms with Crippen molar-refractivity contribution in [3.05, 3.63) is 64.5 Å². The van der Waals surface area contributed by atoms with E-state index < -0.39 is 0 Å². The van der Waals surface area contributed by atoms with E-state index >= 15 is 0 Å². The molecule has 1 aromatic carbocycles. The third kappa shape index (κ3) is 3.67. The minimum absolute atomic E-state index is 0.329. The highest BCUT2D eigenvalue weighted by Crippen LogP contribution is 2.21. The first-order chi connectivity index (χ1) is 9.60. The number of likely N-dealkylation sites (N-methyl/N-ethyl adjacent to an activating group) is 1. The molecule has 1 atom stereocenters. The molecule has 0 saturated heterocycles. The van der Waals surface area contributed by atoms with Gasteiger partial charge in [-0.05, 0) is 50.9 Å². The fourth-order valence-electron chi connectivity index (χ4n) is 2.83. The topological polar surface area (TPSA) is 24.9 Å². The average Bonchev–Trinajstić information content (AvgIpc) is 2.37. The summed E-state index contributed by atoms with van der Waals surface area (Å²) in [5.41, 5.74) is 6.46. The second-order valence-electron chi connectivity index (χ2n) is 5.49. The molecule has 0 saturated carbocycles. The lowest BCUT2D eigenvalue weighted by Gasteiger charge is -2.20. The van der Waals surface area contributed by atoms with Gasteiger partial charge in [-0.3, -0.25) is 4.98 Å². The fraction of sp³-hybridized carbons (Fsp3) is 0.389. The maximum absolute atomic E-state index is 4.42. The largest absolute Gasteiger partial charge is 0.310 e. The molecule has 0 aliphatic rings. The monoisotopic (exact) mass is 268 g/mol. The lowest BCUT2D eigenvalue weighted by atomic mass is 9.96. The molecule has 0 amide bonds. The molecule has 0 radical (unpaired) electrons. The predicted octanol–water partition coefficient (Wildman–Crippen LogP) is 3.90. The normalized spacial score (nSPS) is 12.4. The minimum Gasteiger partial charge on any atom is -0.310 e. The van der Waals surface area contributed by atoms with Gasteiger partial charge in [0.25, 0.3) is 0 Å². The number of nitrogens with one attached hydrogen (secondary N) is 1. The first-order valence-corrected chi connectivity index (χ1v) is 7.32. The molecule has 2 heteroatoms. The maximum Gasteiger partial charge on any atom is 0.0420 e. The molecule has 0 bridgehead atoms. The molecule has 1 N–H and O–H groups in total. The summed E-state index contributed by atoms with van der Waals surface area (Å²) in [6, 6.07) is 11.3. The SMILES string of the molecule is CCNC(Cc1cc(C)cc(C)c1)c1cccnc1C. The Hall–Kier alpha value is -1.67. The van der Waals surface area contributed by atoms with Crippen LogP contribution in [-0.2, 0) is 6.42 Å². The van der Waals surface area contributed by atoms with Gasteiger partial charge in [-0.2, -0.15) is 0 Å². The molecule has 20 heavy (non-hydrogen) atoms. The molecule has 106 valence electrons. The van der Waals surface area contributed by atoms with Crippen LogP contribution in [0, 0.1) is 20.8 Å². The summed E-state index contributed by atoms with van der Waals surface area (Å²) < 4.78 is 0. The number of aromatic nitrogens is 1.